The van der Waals surface area contributed by atoms with Crippen LogP contribution in [0.4, 0.5) is 0 Å². The van der Waals surface area contributed by atoms with Crippen molar-refractivity contribution in [1.82, 2.24) is 15.0 Å². The zero-order valence-corrected chi connectivity index (χ0v) is 13.3. The SMILES string of the molecule is CC(C)n1nc(B2OC(C)(C)C(C)(C)O2)c(C2CC2)n1. The third-order valence-electron chi connectivity index (χ3n) is 4.59. The van der Waals surface area contributed by atoms with Crippen molar-refractivity contribution in [3.05, 3.63) is 5.69 Å². The molecule has 0 bridgehead atoms. The molecule has 5 nitrogen and oxygen atoms in total. The Kier molecular flexibility index (Phi) is 3.03. The molecule has 6 heteroatoms. The topological polar surface area (TPSA) is 49.2 Å². The van der Waals surface area contributed by atoms with Crippen LogP contribution >= 0.6 is 0 Å². The van der Waals surface area contributed by atoms with Crippen LogP contribution in [-0.4, -0.2) is 33.3 Å². The average Bonchev–Trinajstić information content (AvgIpc) is 3.00. The van der Waals surface area contributed by atoms with Crippen molar-refractivity contribution in [2.45, 2.75) is 77.5 Å². The molecular weight excluding hydrogens is 253 g/mol. The Morgan fingerprint density at radius 2 is 1.65 bits per heavy atom. The van der Waals surface area contributed by atoms with E-state index in [1.54, 1.807) is 4.80 Å². The zero-order valence-electron chi connectivity index (χ0n) is 13.3. The first-order chi connectivity index (χ1) is 9.21. The fourth-order valence-electron chi connectivity index (χ4n) is 2.35. The summed E-state index contributed by atoms with van der Waals surface area (Å²) >= 11 is 0. The van der Waals surface area contributed by atoms with E-state index < -0.39 is 7.12 Å². The van der Waals surface area contributed by atoms with Crippen molar-refractivity contribution in [3.8, 4) is 0 Å². The number of aromatic nitrogens is 3. The predicted molar refractivity (Wildman–Crippen MR) is 78.1 cm³/mol. The molecular formula is C14H24BN3O2. The molecule has 1 aliphatic carbocycles. The molecule has 0 radical (unpaired) electrons. The lowest BCUT2D eigenvalue weighted by atomic mass is 9.82. The molecule has 2 aliphatic rings. The van der Waals surface area contributed by atoms with Crippen LogP contribution in [0.5, 0.6) is 0 Å². The third kappa shape index (κ3) is 2.19. The Bertz CT molecular complexity index is 504. The van der Waals surface area contributed by atoms with Gasteiger partial charge < -0.3 is 9.31 Å². The lowest BCUT2D eigenvalue weighted by Crippen LogP contribution is -2.41. The summed E-state index contributed by atoms with van der Waals surface area (Å²) in [4.78, 5) is 1.79. The molecule has 110 valence electrons. The first-order valence-corrected chi connectivity index (χ1v) is 7.53. The minimum absolute atomic E-state index is 0.253. The van der Waals surface area contributed by atoms with Gasteiger partial charge in [0.2, 0.25) is 0 Å². The van der Waals surface area contributed by atoms with E-state index in [-0.39, 0.29) is 17.2 Å². The summed E-state index contributed by atoms with van der Waals surface area (Å²) < 4.78 is 12.2. The van der Waals surface area contributed by atoms with Gasteiger partial charge in [-0.2, -0.15) is 15.0 Å². The van der Waals surface area contributed by atoms with Crippen LogP contribution in [0.2, 0.25) is 0 Å². The lowest BCUT2D eigenvalue weighted by Gasteiger charge is -2.32. The van der Waals surface area contributed by atoms with Crippen molar-refractivity contribution in [3.63, 3.8) is 0 Å². The van der Waals surface area contributed by atoms with Crippen LogP contribution in [0.1, 0.15) is 72.0 Å². The maximum absolute atomic E-state index is 6.12. The summed E-state index contributed by atoms with van der Waals surface area (Å²) in [7, 11) is -0.400. The largest absolute Gasteiger partial charge is 0.518 e. The molecule has 0 spiro atoms. The monoisotopic (exact) mass is 277 g/mol. The molecule has 1 aromatic rings. The number of hydrogen-bond donors (Lipinski definition) is 0. The van der Waals surface area contributed by atoms with Gasteiger partial charge in [0.15, 0.2) is 0 Å². The fraction of sp³-hybridized carbons (Fsp3) is 0.857. The second-order valence-electron chi connectivity index (χ2n) is 7.25. The first kappa shape index (κ1) is 14.1. The molecule has 1 aliphatic heterocycles. The highest BCUT2D eigenvalue weighted by atomic mass is 16.7. The summed E-state index contributed by atoms with van der Waals surface area (Å²) in [5.41, 5.74) is 1.28. The minimum atomic E-state index is -0.400. The van der Waals surface area contributed by atoms with E-state index in [9.17, 15) is 0 Å². The van der Waals surface area contributed by atoms with Gasteiger partial charge in [-0.1, -0.05) is 0 Å². The number of hydrogen-bond acceptors (Lipinski definition) is 4. The summed E-state index contributed by atoms with van der Waals surface area (Å²) in [6, 6.07) is 0.253. The second-order valence-corrected chi connectivity index (χ2v) is 7.25. The summed E-state index contributed by atoms with van der Waals surface area (Å²) in [6.45, 7) is 12.4. The predicted octanol–water partition coefficient (Wildman–Crippen LogP) is 2.04. The molecule has 0 atom stereocenters. The quantitative estimate of drug-likeness (QED) is 0.793. The van der Waals surface area contributed by atoms with Gasteiger partial charge in [0.25, 0.3) is 0 Å². The van der Waals surface area contributed by atoms with Crippen molar-refractivity contribution < 1.29 is 9.31 Å². The van der Waals surface area contributed by atoms with Crippen LogP contribution < -0.4 is 5.59 Å². The Balaban J connectivity index is 1.94. The molecule has 0 unspecified atom stereocenters. The highest BCUT2D eigenvalue weighted by Gasteiger charge is 2.54. The van der Waals surface area contributed by atoms with Crippen molar-refractivity contribution >= 4 is 12.7 Å². The van der Waals surface area contributed by atoms with Crippen LogP contribution in [0.25, 0.3) is 0 Å². The molecule has 1 saturated carbocycles. The van der Waals surface area contributed by atoms with Gasteiger partial charge in [0, 0.05) is 5.92 Å². The standard InChI is InChI=1S/C14H24BN3O2/c1-9(2)18-16-11(10-7-8-10)12(17-18)15-19-13(3,4)14(5,6)20-15/h9-10H,7-8H2,1-6H3. The van der Waals surface area contributed by atoms with Gasteiger partial charge in [-0.05, 0) is 54.4 Å². The Morgan fingerprint density at radius 3 is 2.10 bits per heavy atom. The van der Waals surface area contributed by atoms with Gasteiger partial charge in [-0.3, -0.25) is 0 Å². The van der Waals surface area contributed by atoms with E-state index in [2.05, 4.69) is 51.7 Å². The zero-order chi connectivity index (χ0) is 14.7. The smallest absolute Gasteiger partial charge is 0.398 e. The van der Waals surface area contributed by atoms with Gasteiger partial charge in [0.1, 0.15) is 5.59 Å². The van der Waals surface area contributed by atoms with E-state index in [1.807, 2.05) is 0 Å². The molecule has 20 heavy (non-hydrogen) atoms. The molecule has 2 heterocycles. The van der Waals surface area contributed by atoms with Crippen LogP contribution in [-0.2, 0) is 9.31 Å². The van der Waals surface area contributed by atoms with Crippen LogP contribution in [0, 0.1) is 0 Å². The van der Waals surface area contributed by atoms with Gasteiger partial charge in [0.05, 0.1) is 22.9 Å². The van der Waals surface area contributed by atoms with E-state index in [4.69, 9.17) is 9.31 Å². The molecule has 0 aromatic carbocycles. The summed E-state index contributed by atoms with van der Waals surface area (Å²) in [5, 5.41) is 9.30. The Labute approximate surface area is 121 Å². The first-order valence-electron chi connectivity index (χ1n) is 7.53. The maximum Gasteiger partial charge on any atom is 0.518 e. The molecule has 3 rings (SSSR count). The van der Waals surface area contributed by atoms with E-state index in [0.29, 0.717) is 5.92 Å². The number of nitrogens with zero attached hydrogens (tertiary/aromatic N) is 3. The lowest BCUT2D eigenvalue weighted by molar-refractivity contribution is 0.00578. The Morgan fingerprint density at radius 1 is 1.10 bits per heavy atom. The van der Waals surface area contributed by atoms with Gasteiger partial charge >= 0.3 is 7.12 Å². The summed E-state index contributed by atoms with van der Waals surface area (Å²) in [6.07, 6.45) is 2.40. The highest BCUT2D eigenvalue weighted by molar-refractivity contribution is 6.61. The highest BCUT2D eigenvalue weighted by Crippen LogP contribution is 2.40. The van der Waals surface area contributed by atoms with E-state index >= 15 is 0 Å². The Hall–Kier alpha value is -0.875. The molecule has 0 N–H and O–H groups in total. The van der Waals surface area contributed by atoms with Gasteiger partial charge in [-0.15, -0.1) is 0 Å². The van der Waals surface area contributed by atoms with Gasteiger partial charge in [-0.25, -0.2) is 0 Å². The minimum Gasteiger partial charge on any atom is -0.398 e. The molecule has 1 aromatic heterocycles. The van der Waals surface area contributed by atoms with Crippen LogP contribution in [0.15, 0.2) is 0 Å². The maximum atomic E-state index is 6.12. The molecule has 1 saturated heterocycles. The normalized spacial score (nSPS) is 24.6. The molecule has 2 fully saturated rings. The van der Waals surface area contributed by atoms with Crippen molar-refractivity contribution in [1.29, 1.82) is 0 Å². The third-order valence-corrected chi connectivity index (χ3v) is 4.59. The fourth-order valence-corrected chi connectivity index (χ4v) is 2.35. The van der Waals surface area contributed by atoms with Crippen molar-refractivity contribution in [2.75, 3.05) is 0 Å². The van der Waals surface area contributed by atoms with Crippen molar-refractivity contribution in [2.24, 2.45) is 0 Å². The van der Waals surface area contributed by atoms with E-state index in [0.717, 1.165) is 11.3 Å². The second kappa shape index (κ2) is 4.31. The number of rotatable bonds is 3. The van der Waals surface area contributed by atoms with Crippen LogP contribution in [0.3, 0.4) is 0 Å². The van der Waals surface area contributed by atoms with E-state index in [1.165, 1.54) is 12.8 Å². The average molecular weight is 277 g/mol. The summed E-state index contributed by atoms with van der Waals surface area (Å²) in [5.74, 6) is 0.538. The molecule has 0 amide bonds.